The zero-order valence-electron chi connectivity index (χ0n) is 44.7. The van der Waals surface area contributed by atoms with Gasteiger partial charge < -0.3 is 14.7 Å². The molecule has 0 aliphatic carbocycles. The lowest BCUT2D eigenvalue weighted by molar-refractivity contribution is -0.435. The van der Waals surface area contributed by atoms with Gasteiger partial charge in [-0.25, -0.2) is 0 Å². The van der Waals surface area contributed by atoms with Crippen molar-refractivity contribution in [2.45, 2.75) is 33.4 Å². The molecule has 0 atom stereocenters. The fraction of sp³-hybridized carbons (Fsp3) is 0.0714. The molecular formula is C56H46N10O15S4. The highest BCUT2D eigenvalue weighted by Gasteiger charge is 2.21. The molecule has 8 rings (SSSR count). The van der Waals surface area contributed by atoms with Gasteiger partial charge >= 0.3 is 0 Å². The molecule has 0 bridgehead atoms. The lowest BCUT2D eigenvalue weighted by Gasteiger charge is -2.07. The second-order valence-electron chi connectivity index (χ2n) is 18.0. The first kappa shape index (κ1) is 61.4. The zero-order chi connectivity index (χ0) is 61.3. The predicted molar refractivity (Wildman–Crippen MR) is 313 cm³/mol. The summed E-state index contributed by atoms with van der Waals surface area (Å²) in [5.41, 5.74) is 4.59. The van der Waals surface area contributed by atoms with Crippen molar-refractivity contribution in [3.8, 4) is 11.5 Å². The highest BCUT2D eigenvalue weighted by atomic mass is 32.2. The number of azo groups is 5. The van der Waals surface area contributed by atoms with Crippen LogP contribution in [0, 0.1) is 19.1 Å². The van der Waals surface area contributed by atoms with Crippen molar-refractivity contribution in [1.82, 2.24) is 0 Å². The molecule has 8 aromatic rings. The number of methoxy groups -OCH3 is 2. The van der Waals surface area contributed by atoms with Gasteiger partial charge in [0, 0.05) is 29.4 Å². The minimum absolute atomic E-state index is 0.00230. The molecular weight excluding hydrogens is 1180 g/mol. The number of nitrogens with zero attached hydrogens (tertiary/aromatic N) is 10. The number of benzene rings is 8. The topological polar surface area (TPSA) is 373 Å². The van der Waals surface area contributed by atoms with E-state index in [1.54, 1.807) is 98.8 Å². The first-order valence-corrected chi connectivity index (χ1v) is 30.2. The molecule has 0 fully saturated rings. The molecule has 0 aromatic heterocycles. The van der Waals surface area contributed by atoms with E-state index in [9.17, 15) is 57.1 Å². The molecule has 0 unspecified atom stereocenters. The molecule has 25 nitrogen and oxygen atoms in total. The molecule has 0 saturated carbocycles. The van der Waals surface area contributed by atoms with E-state index in [4.69, 9.17) is 9.47 Å². The van der Waals surface area contributed by atoms with Crippen molar-refractivity contribution in [2.24, 2.45) is 46.0 Å². The summed E-state index contributed by atoms with van der Waals surface area (Å²) >= 11 is 0. The van der Waals surface area contributed by atoms with Crippen LogP contribution in [0.4, 0.5) is 56.9 Å². The molecule has 0 heterocycles. The van der Waals surface area contributed by atoms with Crippen LogP contribution in [0.5, 0.6) is 11.5 Å². The highest BCUT2D eigenvalue weighted by molar-refractivity contribution is 7.86. The number of aryl methyl sites for hydroxylation is 2. The van der Waals surface area contributed by atoms with Crippen LogP contribution in [0.15, 0.2) is 223 Å². The molecule has 85 heavy (non-hydrogen) atoms. The second kappa shape index (κ2) is 25.8. The van der Waals surface area contributed by atoms with Gasteiger partial charge in [0.1, 0.15) is 38.4 Å². The van der Waals surface area contributed by atoms with Crippen molar-refractivity contribution in [1.29, 1.82) is 0 Å². The number of rotatable bonds is 20. The van der Waals surface area contributed by atoms with Gasteiger partial charge in [0.2, 0.25) is 5.69 Å². The summed E-state index contributed by atoms with van der Waals surface area (Å²) in [7, 11) is -15.8. The third-order valence-electron chi connectivity index (χ3n) is 12.0. The third kappa shape index (κ3) is 16.3. The molecule has 0 saturated heterocycles. The smallest absolute Gasteiger partial charge is 0.295 e. The Bertz CT molecular complexity index is 4590. The Hall–Kier alpha value is -9.72. The minimum atomic E-state index is -4.93. The van der Waals surface area contributed by atoms with Gasteiger partial charge in [-0.3, -0.25) is 18.2 Å². The van der Waals surface area contributed by atoms with E-state index >= 15 is 0 Å². The standard InChI is InChI=1S/C56H46N10O15S4/c1-35-27-51(53(80-3)33-49(35)61-59-43-7-5-9-47(29-43)82(68,69)70)63-57-41-21-13-37(14-22-41)11-17-39-19-25-45(31-55(39)84(74,75)76)65-66(67)46-26-20-40(56(32-46)85(77,78)79)18-12-38-15-23-42(24-16-38)58-64-52-28-36(2)50(34-54(52)81-4)62-60-44-8-6-10-48(30-44)83(71,72)73/h5-34H,1-4H3,(H,68,69,70)(H,71,72,73)(H,74,75,76)(H,77,78,79)/b17-11+,18-12+,61-59?,62-60?,63-57?,64-58?,66-65?. The molecule has 434 valence electrons. The van der Waals surface area contributed by atoms with Crippen molar-refractivity contribution < 1.29 is 66.2 Å². The maximum Gasteiger partial charge on any atom is 0.295 e. The van der Waals surface area contributed by atoms with E-state index in [0.717, 1.165) is 12.1 Å². The van der Waals surface area contributed by atoms with E-state index < -0.39 is 50.3 Å². The van der Waals surface area contributed by atoms with Crippen LogP contribution in [-0.4, -0.2) is 71.0 Å². The van der Waals surface area contributed by atoms with Crippen LogP contribution < -0.4 is 9.47 Å². The summed E-state index contributed by atoms with van der Waals surface area (Å²) < 4.78 is 146. The van der Waals surface area contributed by atoms with E-state index in [2.05, 4.69) is 46.0 Å². The van der Waals surface area contributed by atoms with Crippen molar-refractivity contribution >= 4 is 122 Å². The fourth-order valence-electron chi connectivity index (χ4n) is 7.67. The Balaban J connectivity index is 0.922. The molecule has 0 amide bonds. The summed E-state index contributed by atoms with van der Waals surface area (Å²) in [5, 5.41) is 50.9. The van der Waals surface area contributed by atoms with Gasteiger partial charge in [-0.1, -0.05) is 71.6 Å². The van der Waals surface area contributed by atoms with Gasteiger partial charge in [-0.05, 0) is 138 Å². The number of hydrogen-bond acceptors (Lipinski definition) is 20. The van der Waals surface area contributed by atoms with Crippen LogP contribution in [-0.2, 0) is 40.5 Å². The lowest BCUT2D eigenvalue weighted by atomic mass is 10.1. The average Bonchev–Trinajstić information content (AvgIpc) is 3.35. The molecule has 4 N–H and O–H groups in total. The lowest BCUT2D eigenvalue weighted by Crippen LogP contribution is -2.03. The van der Waals surface area contributed by atoms with Gasteiger partial charge in [0.15, 0.2) is 0 Å². The van der Waals surface area contributed by atoms with Gasteiger partial charge in [-0.15, -0.1) is 10.2 Å². The zero-order valence-corrected chi connectivity index (χ0v) is 48.0. The van der Waals surface area contributed by atoms with Crippen LogP contribution in [0.3, 0.4) is 0 Å². The van der Waals surface area contributed by atoms with Crippen molar-refractivity contribution in [2.75, 3.05) is 14.2 Å². The van der Waals surface area contributed by atoms with Crippen LogP contribution in [0.1, 0.15) is 33.4 Å². The van der Waals surface area contributed by atoms with Crippen molar-refractivity contribution in [3.05, 3.63) is 196 Å². The maximum absolute atomic E-state index is 13.3. The van der Waals surface area contributed by atoms with Crippen LogP contribution >= 0.6 is 0 Å². The van der Waals surface area contributed by atoms with Gasteiger partial charge in [0.25, 0.3) is 40.5 Å². The third-order valence-corrected chi connectivity index (χ3v) is 15.5. The highest BCUT2D eigenvalue weighted by Crippen LogP contribution is 2.39. The molecule has 0 radical (unpaired) electrons. The SMILES string of the molecule is COc1cc(N=Nc2cccc(S(=O)(=O)O)c2)c(C)cc1N=Nc1ccc(/C=C/c2ccc(N=[N+]([O-])c3ccc(/C=C/c4ccc(N=Nc5cc(C)c(N=Nc6cccc(S(=O)(=O)O)c6)cc5OC)cc4)c(S(=O)(=O)O)c3)cc2S(=O)(=O)O)cc1. The fourth-order valence-corrected chi connectivity index (χ4v) is 10.1. The predicted octanol–water partition coefficient (Wildman–Crippen LogP) is 15.2. The summed E-state index contributed by atoms with van der Waals surface area (Å²) in [6.45, 7) is 3.49. The summed E-state index contributed by atoms with van der Waals surface area (Å²) in [4.78, 5) is -1.90. The van der Waals surface area contributed by atoms with E-state index in [1.807, 2.05) is 0 Å². The first-order valence-electron chi connectivity index (χ1n) is 24.4. The number of ether oxygens (including phenoxy) is 2. The molecule has 0 spiro atoms. The molecule has 0 aliphatic rings. The minimum Gasteiger partial charge on any atom is -0.594 e. The van der Waals surface area contributed by atoms with Gasteiger partial charge in [-0.2, -0.15) is 64.4 Å². The summed E-state index contributed by atoms with van der Waals surface area (Å²) in [6, 6.07) is 37.2. The Morgan fingerprint density at radius 1 is 0.400 bits per heavy atom. The van der Waals surface area contributed by atoms with Crippen molar-refractivity contribution in [3.63, 3.8) is 0 Å². The van der Waals surface area contributed by atoms with E-state index in [-0.39, 0.29) is 48.5 Å². The van der Waals surface area contributed by atoms with Gasteiger partial charge in [0.05, 0.1) is 58.1 Å². The Morgan fingerprint density at radius 3 is 1.20 bits per heavy atom. The van der Waals surface area contributed by atoms with Crippen LogP contribution in [0.2, 0.25) is 0 Å². The Morgan fingerprint density at radius 2 is 0.788 bits per heavy atom. The molecule has 29 heteroatoms. The van der Waals surface area contributed by atoms with Crippen LogP contribution in [0.25, 0.3) is 24.3 Å². The maximum atomic E-state index is 13.3. The monoisotopic (exact) mass is 1230 g/mol. The molecule has 8 aromatic carbocycles. The molecule has 0 aliphatic heterocycles. The second-order valence-corrected chi connectivity index (χ2v) is 23.6. The number of hydrogen-bond donors (Lipinski definition) is 4. The average molecular weight is 1230 g/mol. The van der Waals surface area contributed by atoms with E-state index in [0.29, 0.717) is 67.9 Å². The first-order chi connectivity index (χ1) is 40.2. The van der Waals surface area contributed by atoms with E-state index in [1.165, 1.54) is 99.2 Å². The largest absolute Gasteiger partial charge is 0.594 e. The summed E-state index contributed by atoms with van der Waals surface area (Å²) in [5.74, 6) is 0.606. The summed E-state index contributed by atoms with van der Waals surface area (Å²) in [6.07, 6.45) is 5.89. The Labute approximate surface area is 486 Å². The quantitative estimate of drug-likeness (QED) is 0.0181. The Kier molecular flexibility index (Phi) is 18.6. The normalized spacial score (nSPS) is 12.9.